The van der Waals surface area contributed by atoms with Crippen molar-refractivity contribution in [3.8, 4) is 34.5 Å². The number of nitrogens with one attached hydrogen (secondary N) is 1. The Morgan fingerprint density at radius 1 is 1.02 bits per heavy atom. The van der Waals surface area contributed by atoms with Crippen LogP contribution in [0.5, 0.6) is 0 Å². The fourth-order valence-electron chi connectivity index (χ4n) is 5.11. The number of carbonyl (C=O) groups is 1. The summed E-state index contributed by atoms with van der Waals surface area (Å²) in [7, 11) is 0. The zero-order valence-corrected chi connectivity index (χ0v) is 25.0. The van der Waals surface area contributed by atoms with E-state index in [0.29, 0.717) is 37.3 Å². The van der Waals surface area contributed by atoms with Crippen LogP contribution in [0.1, 0.15) is 64.2 Å². The van der Waals surface area contributed by atoms with E-state index in [1.807, 2.05) is 4.90 Å². The second kappa shape index (κ2) is 12.4. The molecule has 1 aromatic heterocycles. The highest BCUT2D eigenvalue weighted by molar-refractivity contribution is 5.87. The van der Waals surface area contributed by atoms with E-state index in [0.717, 1.165) is 6.07 Å². The van der Waals surface area contributed by atoms with Crippen LogP contribution in [0.3, 0.4) is 0 Å². The fourth-order valence-corrected chi connectivity index (χ4v) is 5.11. The Hall–Kier alpha value is -4.54. The second-order valence-corrected chi connectivity index (χ2v) is 12.4. The number of ether oxygens (including phenoxy) is 1. The summed E-state index contributed by atoms with van der Waals surface area (Å²) in [6.07, 6.45) is 0.936. The van der Waals surface area contributed by atoms with Crippen LogP contribution in [0, 0.1) is 34.3 Å². The SMILES string of the molecule is CC(C)(O)Cc1ccc(-c2c(C#N)cc(N3CCC(NC(=O)OC(C)(C)C)CC3)nc2-c2ccc(C#N)c(F)c2)c(F)c1. The minimum absolute atomic E-state index is 0.107. The number of aliphatic hydroxyl groups is 1. The number of benzene rings is 2. The minimum atomic E-state index is -1.05. The Labute approximate surface area is 250 Å². The molecule has 2 heterocycles. The molecular weight excluding hydrogens is 552 g/mol. The number of hydrogen-bond donors (Lipinski definition) is 2. The van der Waals surface area contributed by atoms with Crippen molar-refractivity contribution in [2.24, 2.45) is 0 Å². The molecule has 3 aromatic rings. The lowest BCUT2D eigenvalue weighted by Crippen LogP contribution is -2.46. The number of aromatic nitrogens is 1. The number of piperidine rings is 1. The molecule has 0 radical (unpaired) electrons. The summed E-state index contributed by atoms with van der Waals surface area (Å²) in [5.74, 6) is -0.918. The lowest BCUT2D eigenvalue weighted by molar-refractivity contribution is 0.0497. The van der Waals surface area contributed by atoms with Crippen molar-refractivity contribution in [1.29, 1.82) is 10.5 Å². The van der Waals surface area contributed by atoms with Gasteiger partial charge in [0.25, 0.3) is 0 Å². The van der Waals surface area contributed by atoms with Crippen LogP contribution in [0.25, 0.3) is 22.4 Å². The molecule has 4 rings (SSSR count). The third-order valence-electron chi connectivity index (χ3n) is 6.97. The van der Waals surface area contributed by atoms with Gasteiger partial charge >= 0.3 is 6.09 Å². The van der Waals surface area contributed by atoms with Crippen molar-refractivity contribution < 1.29 is 23.4 Å². The Balaban J connectivity index is 1.73. The first-order valence-corrected chi connectivity index (χ1v) is 14.1. The maximum atomic E-state index is 15.6. The highest BCUT2D eigenvalue weighted by Crippen LogP contribution is 2.38. The number of anilines is 1. The summed E-state index contributed by atoms with van der Waals surface area (Å²) in [4.78, 5) is 19.0. The summed E-state index contributed by atoms with van der Waals surface area (Å²) < 4.78 is 35.8. The first kappa shape index (κ1) is 31.4. The number of nitrogens with zero attached hydrogens (tertiary/aromatic N) is 4. The molecule has 0 saturated carbocycles. The lowest BCUT2D eigenvalue weighted by Gasteiger charge is -2.34. The number of rotatable bonds is 6. The van der Waals surface area contributed by atoms with Crippen molar-refractivity contribution in [2.45, 2.75) is 71.1 Å². The fraction of sp³-hybridized carbons (Fsp3) is 0.394. The number of hydrogen-bond acceptors (Lipinski definition) is 7. The molecular formula is C33H35F2N5O3. The summed E-state index contributed by atoms with van der Waals surface area (Å²) >= 11 is 0. The van der Waals surface area contributed by atoms with Crippen molar-refractivity contribution in [1.82, 2.24) is 10.3 Å². The van der Waals surface area contributed by atoms with Crippen molar-refractivity contribution in [3.05, 3.63) is 70.8 Å². The zero-order chi connectivity index (χ0) is 31.5. The molecule has 8 nitrogen and oxygen atoms in total. The van der Waals surface area contributed by atoms with Gasteiger partial charge in [0.1, 0.15) is 29.1 Å². The maximum Gasteiger partial charge on any atom is 0.407 e. The van der Waals surface area contributed by atoms with Crippen LogP contribution in [0.2, 0.25) is 0 Å². The average Bonchev–Trinajstić information content (AvgIpc) is 2.91. The van der Waals surface area contributed by atoms with Gasteiger partial charge in [-0.1, -0.05) is 18.2 Å². The van der Waals surface area contributed by atoms with E-state index in [1.54, 1.807) is 52.8 Å². The number of nitriles is 2. The highest BCUT2D eigenvalue weighted by Gasteiger charge is 2.27. The normalized spacial score (nSPS) is 14.1. The molecule has 1 fully saturated rings. The average molecular weight is 588 g/mol. The van der Waals surface area contributed by atoms with Gasteiger partial charge in [0.2, 0.25) is 0 Å². The molecule has 0 atom stereocenters. The molecule has 43 heavy (non-hydrogen) atoms. The summed E-state index contributed by atoms with van der Waals surface area (Å²) in [6, 6.07) is 14.0. The summed E-state index contributed by atoms with van der Waals surface area (Å²) in [5, 5.41) is 32.5. The molecule has 1 aliphatic heterocycles. The van der Waals surface area contributed by atoms with Crippen molar-refractivity contribution in [2.75, 3.05) is 18.0 Å². The Kier molecular flexibility index (Phi) is 9.03. The van der Waals surface area contributed by atoms with E-state index in [4.69, 9.17) is 9.72 Å². The minimum Gasteiger partial charge on any atom is -0.444 e. The topological polar surface area (TPSA) is 122 Å². The van der Waals surface area contributed by atoms with E-state index >= 15 is 4.39 Å². The van der Waals surface area contributed by atoms with Gasteiger partial charge in [-0.05, 0) is 77.3 Å². The van der Waals surface area contributed by atoms with Crippen LogP contribution in [0.4, 0.5) is 19.4 Å². The zero-order valence-electron chi connectivity index (χ0n) is 25.0. The Morgan fingerprint density at radius 3 is 2.26 bits per heavy atom. The number of pyridine rings is 1. The largest absolute Gasteiger partial charge is 0.444 e. The van der Waals surface area contributed by atoms with Crippen LogP contribution < -0.4 is 10.2 Å². The molecule has 0 aliphatic carbocycles. The van der Waals surface area contributed by atoms with E-state index < -0.39 is 28.9 Å². The lowest BCUT2D eigenvalue weighted by atomic mass is 9.91. The maximum absolute atomic E-state index is 15.6. The van der Waals surface area contributed by atoms with Gasteiger partial charge in [0.15, 0.2) is 0 Å². The number of halogens is 2. The molecule has 1 aliphatic rings. The van der Waals surface area contributed by atoms with Crippen LogP contribution >= 0.6 is 0 Å². The third-order valence-corrected chi connectivity index (χ3v) is 6.97. The standard InChI is InChI=1S/C33H35F2N5O3/c1-32(2,3)43-31(41)38-24-10-12-40(13-11-24)28-16-23(19-37)29(25-9-6-20(14-27(25)35)17-33(4,5)42)30(39-28)21-7-8-22(18-36)26(34)15-21/h6-9,14-16,24,42H,10-13,17H2,1-5H3,(H,38,41). The number of amides is 1. The monoisotopic (exact) mass is 587 g/mol. The quantitative estimate of drug-likeness (QED) is 0.350. The van der Waals surface area contributed by atoms with Crippen LogP contribution in [0.15, 0.2) is 42.5 Å². The molecule has 1 amide bonds. The van der Waals surface area contributed by atoms with E-state index in [2.05, 4.69) is 11.4 Å². The van der Waals surface area contributed by atoms with Gasteiger partial charge in [-0.2, -0.15) is 10.5 Å². The number of carbonyl (C=O) groups excluding carboxylic acids is 1. The third kappa shape index (κ3) is 7.85. The molecule has 1 saturated heterocycles. The van der Waals surface area contributed by atoms with Gasteiger partial charge in [-0.3, -0.25) is 0 Å². The summed E-state index contributed by atoms with van der Waals surface area (Å²) in [5.41, 5.74) is -0.301. The summed E-state index contributed by atoms with van der Waals surface area (Å²) in [6.45, 7) is 9.67. The van der Waals surface area contributed by atoms with Crippen LogP contribution in [-0.2, 0) is 11.2 Å². The first-order valence-electron chi connectivity index (χ1n) is 14.1. The Bertz CT molecular complexity index is 1600. The van der Waals surface area contributed by atoms with Gasteiger partial charge < -0.3 is 20.1 Å². The van der Waals surface area contributed by atoms with E-state index in [9.17, 15) is 24.8 Å². The van der Waals surface area contributed by atoms with E-state index in [1.165, 1.54) is 24.3 Å². The van der Waals surface area contributed by atoms with Gasteiger partial charge in [0.05, 0.1) is 28.5 Å². The predicted molar refractivity (Wildman–Crippen MR) is 159 cm³/mol. The predicted octanol–water partition coefficient (Wildman–Crippen LogP) is 6.24. The van der Waals surface area contributed by atoms with Crippen molar-refractivity contribution in [3.63, 3.8) is 0 Å². The molecule has 0 spiro atoms. The molecule has 224 valence electrons. The number of alkyl carbamates (subject to hydrolysis) is 1. The van der Waals surface area contributed by atoms with Gasteiger partial charge in [-0.25, -0.2) is 18.6 Å². The van der Waals surface area contributed by atoms with Gasteiger partial charge in [0, 0.05) is 42.2 Å². The molecule has 0 bridgehead atoms. The first-order chi connectivity index (χ1) is 20.2. The van der Waals surface area contributed by atoms with Crippen molar-refractivity contribution >= 4 is 11.9 Å². The van der Waals surface area contributed by atoms with Gasteiger partial charge in [-0.15, -0.1) is 0 Å². The van der Waals surface area contributed by atoms with E-state index in [-0.39, 0.29) is 46.0 Å². The molecule has 2 N–H and O–H groups in total. The second-order valence-electron chi connectivity index (χ2n) is 12.4. The molecule has 2 aromatic carbocycles. The smallest absolute Gasteiger partial charge is 0.407 e. The molecule has 0 unspecified atom stereocenters. The van der Waals surface area contributed by atoms with Crippen LogP contribution in [-0.4, -0.2) is 46.5 Å². The molecule has 10 heteroatoms. The Morgan fingerprint density at radius 2 is 1.70 bits per heavy atom. The highest BCUT2D eigenvalue weighted by atomic mass is 19.1.